The van der Waals surface area contributed by atoms with E-state index in [2.05, 4.69) is 6.92 Å². The first-order valence-corrected chi connectivity index (χ1v) is 6.33. The summed E-state index contributed by atoms with van der Waals surface area (Å²) in [6.07, 6.45) is 0.929. The van der Waals surface area contributed by atoms with E-state index >= 15 is 0 Å². The van der Waals surface area contributed by atoms with Crippen LogP contribution in [-0.2, 0) is 0 Å². The Morgan fingerprint density at radius 2 is 2.00 bits per heavy atom. The molecular weight excluding hydrogens is 243 g/mol. The Morgan fingerprint density at radius 1 is 1.38 bits per heavy atom. The molecule has 0 radical (unpaired) electrons. The highest BCUT2D eigenvalue weighted by atomic mass is 35.5. The molecule has 0 fully saturated rings. The summed E-state index contributed by atoms with van der Waals surface area (Å²) >= 11 is 12.1. The zero-order valence-corrected chi connectivity index (χ0v) is 11.7. The first kappa shape index (κ1) is 13.7. The van der Waals surface area contributed by atoms with Crippen molar-refractivity contribution in [1.82, 2.24) is 0 Å². The van der Waals surface area contributed by atoms with E-state index in [1.807, 2.05) is 19.9 Å². The van der Waals surface area contributed by atoms with E-state index in [0.717, 1.165) is 28.3 Å². The lowest BCUT2D eigenvalue weighted by Gasteiger charge is -2.19. The van der Waals surface area contributed by atoms with Crippen LogP contribution in [0, 0.1) is 13.8 Å². The number of methoxy groups -OCH3 is 1. The molecule has 0 spiro atoms. The molecule has 0 amide bonds. The van der Waals surface area contributed by atoms with Crippen molar-refractivity contribution in [3.63, 3.8) is 0 Å². The molecule has 0 bridgehead atoms. The van der Waals surface area contributed by atoms with E-state index in [9.17, 15) is 0 Å². The number of alkyl halides is 1. The highest BCUT2D eigenvalue weighted by Crippen LogP contribution is 2.37. The second-order valence-corrected chi connectivity index (χ2v) is 4.88. The summed E-state index contributed by atoms with van der Waals surface area (Å²) in [6, 6.07) is 2.00. The van der Waals surface area contributed by atoms with Gasteiger partial charge in [0.1, 0.15) is 5.75 Å². The van der Waals surface area contributed by atoms with E-state index in [1.165, 1.54) is 5.56 Å². The lowest BCUT2D eigenvalue weighted by Crippen LogP contribution is -2.03. The molecule has 90 valence electrons. The fourth-order valence-corrected chi connectivity index (χ4v) is 2.51. The molecule has 0 heterocycles. The highest BCUT2D eigenvalue weighted by Gasteiger charge is 2.17. The first-order chi connectivity index (χ1) is 7.52. The SMILES string of the molecule is COc1cc(C)c(Cl)c(C)c1C(C)CCCl. The van der Waals surface area contributed by atoms with Gasteiger partial charge in [-0.05, 0) is 43.4 Å². The van der Waals surface area contributed by atoms with Gasteiger partial charge < -0.3 is 4.74 Å². The lowest BCUT2D eigenvalue weighted by molar-refractivity contribution is 0.405. The number of benzene rings is 1. The van der Waals surface area contributed by atoms with E-state index in [-0.39, 0.29) is 0 Å². The van der Waals surface area contributed by atoms with Gasteiger partial charge in [0.05, 0.1) is 7.11 Å². The summed E-state index contributed by atoms with van der Waals surface area (Å²) in [7, 11) is 1.69. The van der Waals surface area contributed by atoms with Gasteiger partial charge in [-0.25, -0.2) is 0 Å². The van der Waals surface area contributed by atoms with Crippen molar-refractivity contribution >= 4 is 23.2 Å². The molecule has 0 aromatic heterocycles. The van der Waals surface area contributed by atoms with Crippen molar-refractivity contribution in [3.05, 3.63) is 27.8 Å². The van der Waals surface area contributed by atoms with Crippen LogP contribution >= 0.6 is 23.2 Å². The average Bonchev–Trinajstić information content (AvgIpc) is 2.25. The number of aryl methyl sites for hydroxylation is 1. The fraction of sp³-hybridized carbons (Fsp3) is 0.538. The third kappa shape index (κ3) is 2.64. The van der Waals surface area contributed by atoms with Gasteiger partial charge in [-0.3, -0.25) is 0 Å². The first-order valence-electron chi connectivity index (χ1n) is 5.42. The molecule has 1 atom stereocenters. The lowest BCUT2D eigenvalue weighted by atomic mass is 9.92. The van der Waals surface area contributed by atoms with E-state index in [4.69, 9.17) is 27.9 Å². The Balaban J connectivity index is 3.29. The molecule has 1 nitrogen and oxygen atoms in total. The number of ether oxygens (including phenoxy) is 1. The van der Waals surface area contributed by atoms with Crippen LogP contribution in [0.3, 0.4) is 0 Å². The normalized spacial score (nSPS) is 12.6. The summed E-state index contributed by atoms with van der Waals surface area (Å²) in [5.41, 5.74) is 3.34. The molecule has 1 aromatic carbocycles. The molecule has 0 N–H and O–H groups in total. The van der Waals surface area contributed by atoms with E-state index in [0.29, 0.717) is 11.8 Å². The minimum absolute atomic E-state index is 0.366. The maximum absolute atomic E-state index is 6.27. The minimum Gasteiger partial charge on any atom is -0.496 e. The number of hydrogen-bond acceptors (Lipinski definition) is 1. The van der Waals surface area contributed by atoms with Gasteiger partial charge in [0.25, 0.3) is 0 Å². The van der Waals surface area contributed by atoms with Gasteiger partial charge in [0.2, 0.25) is 0 Å². The van der Waals surface area contributed by atoms with E-state index in [1.54, 1.807) is 7.11 Å². The van der Waals surface area contributed by atoms with E-state index < -0.39 is 0 Å². The zero-order valence-electron chi connectivity index (χ0n) is 10.2. The Hall–Kier alpha value is -0.400. The zero-order chi connectivity index (χ0) is 12.3. The van der Waals surface area contributed by atoms with Crippen molar-refractivity contribution in [2.45, 2.75) is 33.1 Å². The van der Waals surface area contributed by atoms with Crippen molar-refractivity contribution in [2.24, 2.45) is 0 Å². The highest BCUT2D eigenvalue weighted by molar-refractivity contribution is 6.32. The van der Waals surface area contributed by atoms with Gasteiger partial charge in [-0.15, -0.1) is 11.6 Å². The van der Waals surface area contributed by atoms with Crippen LogP contribution in [0.25, 0.3) is 0 Å². The number of halogens is 2. The summed E-state index contributed by atoms with van der Waals surface area (Å²) in [5, 5.41) is 0.831. The van der Waals surface area contributed by atoms with Crippen LogP contribution in [-0.4, -0.2) is 13.0 Å². The predicted octanol–water partition coefficient (Wildman–Crippen LogP) is 4.70. The topological polar surface area (TPSA) is 9.23 Å². The van der Waals surface area contributed by atoms with Crippen LogP contribution in [0.1, 0.15) is 36.0 Å². The molecule has 3 heteroatoms. The van der Waals surface area contributed by atoms with Crippen molar-refractivity contribution in [1.29, 1.82) is 0 Å². The molecule has 0 saturated carbocycles. The summed E-state index contributed by atoms with van der Waals surface area (Å²) in [6.45, 7) is 6.19. The standard InChI is InChI=1S/C13H18Cl2O/c1-8(5-6-14)12-10(3)13(15)9(2)7-11(12)16-4/h7-8H,5-6H2,1-4H3. The summed E-state index contributed by atoms with van der Waals surface area (Å²) in [5.74, 6) is 1.93. The van der Waals surface area contributed by atoms with Crippen molar-refractivity contribution < 1.29 is 4.74 Å². The Morgan fingerprint density at radius 3 is 2.50 bits per heavy atom. The average molecular weight is 261 g/mol. The molecule has 0 aliphatic carbocycles. The molecule has 1 rings (SSSR count). The molecule has 1 unspecified atom stereocenters. The molecule has 0 aliphatic heterocycles. The maximum Gasteiger partial charge on any atom is 0.122 e. The largest absolute Gasteiger partial charge is 0.496 e. The van der Waals surface area contributed by atoms with Crippen LogP contribution in [0.2, 0.25) is 5.02 Å². The number of rotatable bonds is 4. The molecular formula is C13H18Cl2O. The van der Waals surface area contributed by atoms with Gasteiger partial charge in [0, 0.05) is 16.5 Å². The van der Waals surface area contributed by atoms with Crippen LogP contribution in [0.4, 0.5) is 0 Å². The smallest absolute Gasteiger partial charge is 0.122 e. The number of hydrogen-bond donors (Lipinski definition) is 0. The third-order valence-corrected chi connectivity index (χ3v) is 3.75. The Bertz CT molecular complexity index is 375. The van der Waals surface area contributed by atoms with Crippen LogP contribution in [0.15, 0.2) is 6.07 Å². The van der Waals surface area contributed by atoms with Crippen molar-refractivity contribution in [2.75, 3.05) is 13.0 Å². The van der Waals surface area contributed by atoms with Crippen LogP contribution in [0.5, 0.6) is 5.75 Å². The summed E-state index contributed by atoms with van der Waals surface area (Å²) in [4.78, 5) is 0. The minimum atomic E-state index is 0.366. The third-order valence-electron chi connectivity index (χ3n) is 2.95. The van der Waals surface area contributed by atoms with Gasteiger partial charge in [0.15, 0.2) is 0 Å². The monoisotopic (exact) mass is 260 g/mol. The molecule has 1 aromatic rings. The fourth-order valence-electron chi connectivity index (χ4n) is 2.03. The van der Waals surface area contributed by atoms with Gasteiger partial charge in [-0.2, -0.15) is 0 Å². The quantitative estimate of drug-likeness (QED) is 0.714. The Labute approximate surface area is 108 Å². The molecule has 0 saturated heterocycles. The predicted molar refractivity (Wildman–Crippen MR) is 71.2 cm³/mol. The van der Waals surface area contributed by atoms with Gasteiger partial charge in [-0.1, -0.05) is 18.5 Å². The van der Waals surface area contributed by atoms with Crippen LogP contribution < -0.4 is 4.74 Å². The Kier molecular flexibility index (Phi) is 4.94. The molecule has 0 aliphatic rings. The van der Waals surface area contributed by atoms with Crippen molar-refractivity contribution in [3.8, 4) is 5.75 Å². The van der Waals surface area contributed by atoms with Gasteiger partial charge >= 0.3 is 0 Å². The summed E-state index contributed by atoms with van der Waals surface area (Å²) < 4.78 is 5.43. The molecule has 16 heavy (non-hydrogen) atoms. The maximum atomic E-state index is 6.27. The second kappa shape index (κ2) is 5.79. The second-order valence-electron chi connectivity index (χ2n) is 4.13.